The molecule has 0 atom stereocenters. The van der Waals surface area contributed by atoms with Gasteiger partial charge in [0, 0.05) is 32.7 Å². The lowest BCUT2D eigenvalue weighted by Gasteiger charge is -2.14. The van der Waals surface area contributed by atoms with Gasteiger partial charge in [0.1, 0.15) is 0 Å². The Kier molecular flexibility index (Phi) is 7.18. The van der Waals surface area contributed by atoms with E-state index in [1.54, 1.807) is 0 Å². The highest BCUT2D eigenvalue weighted by Crippen LogP contribution is 2.38. The third kappa shape index (κ3) is 4.96. The molecule has 2 nitrogen and oxygen atoms in total. The van der Waals surface area contributed by atoms with Gasteiger partial charge in [-0.2, -0.15) is 0 Å². The van der Waals surface area contributed by atoms with Crippen LogP contribution in [-0.2, 0) is 0 Å². The largest absolute Gasteiger partial charge is 0.309 e. The van der Waals surface area contributed by atoms with E-state index in [4.69, 9.17) is 0 Å². The average Bonchev–Trinajstić information content (AvgIpc) is 3.73. The first-order valence-electron chi connectivity index (χ1n) is 17.9. The summed E-state index contributed by atoms with van der Waals surface area (Å²) in [6.45, 7) is 0. The van der Waals surface area contributed by atoms with Crippen molar-refractivity contribution in [2.45, 2.75) is 0 Å². The Balaban J connectivity index is 1.02. The summed E-state index contributed by atoms with van der Waals surface area (Å²) < 4.78 is 4.82. The molecule has 0 aliphatic rings. The fraction of sp³-hybridized carbons (Fsp3) is 0. The Morgan fingerprint density at radius 1 is 0.288 bits per heavy atom. The van der Waals surface area contributed by atoms with Crippen LogP contribution in [0.25, 0.3) is 89.4 Å². The summed E-state index contributed by atoms with van der Waals surface area (Å²) >= 11 is 0. The molecule has 244 valence electrons. The van der Waals surface area contributed by atoms with Gasteiger partial charge in [-0.1, -0.05) is 158 Å². The van der Waals surface area contributed by atoms with Crippen LogP contribution in [0.2, 0.25) is 0 Å². The van der Waals surface area contributed by atoms with Gasteiger partial charge in [-0.15, -0.1) is 0 Å². The van der Waals surface area contributed by atoms with Crippen LogP contribution in [0, 0.1) is 0 Å². The van der Waals surface area contributed by atoms with E-state index in [0.717, 1.165) is 11.1 Å². The molecule has 0 bridgehead atoms. The van der Waals surface area contributed by atoms with Crippen LogP contribution in [0.15, 0.2) is 194 Å². The Bertz CT molecular complexity index is 2660. The van der Waals surface area contributed by atoms with E-state index in [1.165, 1.54) is 77.2 Å². The molecule has 10 rings (SSSR count). The summed E-state index contributed by atoms with van der Waals surface area (Å²) in [5, 5.41) is 5.07. The van der Waals surface area contributed by atoms with Crippen LogP contribution in [0.4, 0.5) is 0 Å². The quantitative estimate of drug-likeness (QED) is 0.157. The zero-order valence-electron chi connectivity index (χ0n) is 28.5. The fourth-order valence-electron chi connectivity index (χ4n) is 8.00. The molecular formula is C50H34N2. The Hall–Kier alpha value is -6.90. The first-order chi connectivity index (χ1) is 25.8. The van der Waals surface area contributed by atoms with E-state index in [9.17, 15) is 0 Å². The first-order valence-corrected chi connectivity index (χ1v) is 17.9. The van der Waals surface area contributed by atoms with Crippen molar-refractivity contribution in [3.05, 3.63) is 205 Å². The van der Waals surface area contributed by atoms with Crippen LogP contribution in [0.1, 0.15) is 11.1 Å². The maximum atomic E-state index is 2.41. The first kappa shape index (κ1) is 30.0. The zero-order chi connectivity index (χ0) is 34.4. The Morgan fingerprint density at radius 2 is 0.615 bits per heavy atom. The molecule has 2 aromatic heterocycles. The maximum Gasteiger partial charge on any atom is 0.0541 e. The molecule has 0 unspecified atom stereocenters. The van der Waals surface area contributed by atoms with Crippen molar-refractivity contribution in [3.8, 4) is 33.6 Å². The van der Waals surface area contributed by atoms with Gasteiger partial charge in [-0.3, -0.25) is 0 Å². The van der Waals surface area contributed by atoms with E-state index in [1.807, 2.05) is 0 Å². The normalized spacial score (nSPS) is 11.8. The molecule has 0 radical (unpaired) electrons. The maximum absolute atomic E-state index is 2.41. The Morgan fingerprint density at radius 3 is 1.00 bits per heavy atom. The number of aromatic nitrogens is 2. The van der Waals surface area contributed by atoms with Gasteiger partial charge in [0.15, 0.2) is 0 Å². The molecule has 52 heavy (non-hydrogen) atoms. The standard InChI is InChI=1S/C50H34N2/c1-7-25-45(51-47-27-9-3-21-41(47)42-22-4-10-28-48(42)51)39(19-1)37-17-13-15-35(33-37)31-32-36-16-14-18-38(34-36)40-20-2-8-26-46(40)52-49-29-11-5-23-43(49)44-24-6-12-30-50(44)52/h1-34H. The highest BCUT2D eigenvalue weighted by Gasteiger charge is 2.16. The lowest BCUT2D eigenvalue weighted by molar-refractivity contribution is 1.18. The fourth-order valence-corrected chi connectivity index (χ4v) is 8.00. The second-order valence-corrected chi connectivity index (χ2v) is 13.4. The second-order valence-electron chi connectivity index (χ2n) is 13.4. The van der Waals surface area contributed by atoms with E-state index >= 15 is 0 Å². The number of para-hydroxylation sites is 6. The van der Waals surface area contributed by atoms with Crippen molar-refractivity contribution < 1.29 is 0 Å². The smallest absolute Gasteiger partial charge is 0.0541 e. The van der Waals surface area contributed by atoms with Crippen LogP contribution in [0.5, 0.6) is 0 Å². The number of benzene rings is 8. The predicted octanol–water partition coefficient (Wildman–Crippen LogP) is 13.4. The molecule has 0 saturated carbocycles. The van der Waals surface area contributed by atoms with E-state index in [-0.39, 0.29) is 0 Å². The summed E-state index contributed by atoms with van der Waals surface area (Å²) in [5.41, 5.74) is 14.3. The van der Waals surface area contributed by atoms with Gasteiger partial charge in [0.2, 0.25) is 0 Å². The van der Waals surface area contributed by atoms with Crippen LogP contribution in [-0.4, -0.2) is 9.13 Å². The van der Waals surface area contributed by atoms with Gasteiger partial charge < -0.3 is 9.13 Å². The molecular weight excluding hydrogens is 629 g/mol. The number of hydrogen-bond donors (Lipinski definition) is 0. The number of rotatable bonds is 6. The lowest BCUT2D eigenvalue weighted by Crippen LogP contribution is -1.97. The van der Waals surface area contributed by atoms with Crippen molar-refractivity contribution in [2.24, 2.45) is 0 Å². The summed E-state index contributed by atoms with van der Waals surface area (Å²) in [7, 11) is 0. The van der Waals surface area contributed by atoms with E-state index < -0.39 is 0 Å². The summed E-state index contributed by atoms with van der Waals surface area (Å²) in [5.74, 6) is 0. The van der Waals surface area contributed by atoms with Crippen LogP contribution >= 0.6 is 0 Å². The van der Waals surface area contributed by atoms with Crippen molar-refractivity contribution >= 4 is 55.8 Å². The van der Waals surface area contributed by atoms with Gasteiger partial charge in [-0.25, -0.2) is 0 Å². The predicted molar refractivity (Wildman–Crippen MR) is 221 cm³/mol. The van der Waals surface area contributed by atoms with Gasteiger partial charge >= 0.3 is 0 Å². The van der Waals surface area contributed by atoms with Crippen molar-refractivity contribution in [1.82, 2.24) is 9.13 Å². The molecule has 0 saturated heterocycles. The molecule has 0 spiro atoms. The minimum absolute atomic E-state index is 1.16. The third-order valence-electron chi connectivity index (χ3n) is 10.3. The third-order valence-corrected chi connectivity index (χ3v) is 10.3. The number of hydrogen-bond acceptors (Lipinski definition) is 0. The monoisotopic (exact) mass is 662 g/mol. The SMILES string of the molecule is C(=Cc1cccc(-c2ccccc2-n2c3ccccc3c3ccccc32)c1)c1cccc(-c2ccccc2-n2c3ccccc3c3ccccc32)c1. The molecule has 0 amide bonds. The molecule has 0 aliphatic carbocycles. The van der Waals surface area contributed by atoms with Crippen molar-refractivity contribution in [2.75, 3.05) is 0 Å². The topological polar surface area (TPSA) is 9.86 Å². The van der Waals surface area contributed by atoms with E-state index in [0.29, 0.717) is 0 Å². The van der Waals surface area contributed by atoms with Crippen molar-refractivity contribution in [1.29, 1.82) is 0 Å². The van der Waals surface area contributed by atoms with Gasteiger partial charge in [0.25, 0.3) is 0 Å². The molecule has 2 heterocycles. The zero-order valence-corrected chi connectivity index (χ0v) is 28.5. The lowest BCUT2D eigenvalue weighted by atomic mass is 9.99. The number of fused-ring (bicyclic) bond motifs is 6. The minimum Gasteiger partial charge on any atom is -0.309 e. The summed E-state index contributed by atoms with van der Waals surface area (Å²) in [6, 6.07) is 70.0. The second kappa shape index (κ2) is 12.5. The van der Waals surface area contributed by atoms with Gasteiger partial charge in [-0.05, 0) is 70.8 Å². The molecule has 10 aromatic rings. The van der Waals surface area contributed by atoms with Crippen LogP contribution < -0.4 is 0 Å². The highest BCUT2D eigenvalue weighted by molar-refractivity contribution is 6.10. The molecule has 0 aliphatic heterocycles. The van der Waals surface area contributed by atoms with Gasteiger partial charge in [0.05, 0.1) is 33.4 Å². The number of nitrogens with zero attached hydrogens (tertiary/aromatic N) is 2. The molecule has 0 fully saturated rings. The van der Waals surface area contributed by atoms with Crippen LogP contribution in [0.3, 0.4) is 0 Å². The highest BCUT2D eigenvalue weighted by atomic mass is 15.0. The van der Waals surface area contributed by atoms with Crippen molar-refractivity contribution in [3.63, 3.8) is 0 Å². The molecule has 0 N–H and O–H groups in total. The van der Waals surface area contributed by atoms with E-state index in [2.05, 4.69) is 215 Å². The summed E-state index contributed by atoms with van der Waals surface area (Å²) in [6.07, 6.45) is 4.45. The minimum atomic E-state index is 1.16. The Labute approximate surface area is 302 Å². The summed E-state index contributed by atoms with van der Waals surface area (Å²) in [4.78, 5) is 0. The molecule has 8 aromatic carbocycles. The molecule has 2 heteroatoms. The average molecular weight is 663 g/mol.